The number of amidine groups is 1. The summed E-state index contributed by atoms with van der Waals surface area (Å²) in [5.74, 6) is -1.23. The Morgan fingerprint density at radius 3 is 2.68 bits per heavy atom. The molecule has 10 nitrogen and oxygen atoms in total. The van der Waals surface area contributed by atoms with Crippen molar-refractivity contribution in [3.8, 4) is 0 Å². The number of nitrogens with one attached hydrogen (secondary N) is 1. The molecule has 204 valence electrons. The number of nitrogens with zero attached hydrogens (tertiary/aromatic N) is 3. The standard InChI is InChI=1S/C27H41N5O5/c1-18(2)5-3-4-13-36-17-31-26-24(25(28)29)27(35)32(12-14-37-26)21-10-11-22(30-16-21)20-8-6-19(7-9-20)15-23(33)34/h10-11,16,18-20,24H,3-9,12-15,17H2,1-2H3,(H3,28,29)(H,33,34). The molecule has 3 rings (SSSR count). The van der Waals surface area contributed by atoms with Crippen LogP contribution in [0.3, 0.4) is 0 Å². The second-order valence-electron chi connectivity index (χ2n) is 10.4. The third-order valence-electron chi connectivity index (χ3n) is 7.08. The van der Waals surface area contributed by atoms with Crippen molar-refractivity contribution in [2.24, 2.45) is 28.5 Å². The third-order valence-corrected chi connectivity index (χ3v) is 7.08. The van der Waals surface area contributed by atoms with E-state index in [2.05, 4.69) is 23.8 Å². The molecule has 1 saturated heterocycles. The van der Waals surface area contributed by atoms with Crippen LogP contribution in [0.2, 0.25) is 0 Å². The van der Waals surface area contributed by atoms with Crippen molar-refractivity contribution in [3.05, 3.63) is 24.0 Å². The topological polar surface area (TPSA) is 151 Å². The van der Waals surface area contributed by atoms with E-state index in [1.165, 1.54) is 0 Å². The monoisotopic (exact) mass is 515 g/mol. The van der Waals surface area contributed by atoms with E-state index >= 15 is 0 Å². The average molecular weight is 516 g/mol. The summed E-state index contributed by atoms with van der Waals surface area (Å²) < 4.78 is 11.3. The van der Waals surface area contributed by atoms with Gasteiger partial charge in [-0.25, -0.2) is 4.99 Å². The van der Waals surface area contributed by atoms with Crippen molar-refractivity contribution in [2.75, 3.05) is 31.4 Å². The summed E-state index contributed by atoms with van der Waals surface area (Å²) in [6.07, 6.45) is 8.67. The van der Waals surface area contributed by atoms with Gasteiger partial charge in [-0.1, -0.05) is 26.7 Å². The van der Waals surface area contributed by atoms with Gasteiger partial charge in [0, 0.05) is 24.6 Å². The van der Waals surface area contributed by atoms with Crippen LogP contribution in [0.25, 0.3) is 0 Å². The first kappa shape index (κ1) is 28.6. The van der Waals surface area contributed by atoms with Gasteiger partial charge in [-0.15, -0.1) is 0 Å². The number of unbranched alkanes of at least 4 members (excludes halogenated alkanes) is 1. The van der Waals surface area contributed by atoms with E-state index in [4.69, 9.17) is 25.7 Å². The molecular formula is C27H41N5O5. The van der Waals surface area contributed by atoms with E-state index in [9.17, 15) is 9.59 Å². The summed E-state index contributed by atoms with van der Waals surface area (Å²) >= 11 is 0. The molecule has 0 bridgehead atoms. The van der Waals surface area contributed by atoms with E-state index in [0.717, 1.165) is 50.6 Å². The summed E-state index contributed by atoms with van der Waals surface area (Å²) in [5.41, 5.74) is 7.37. The molecule has 1 saturated carbocycles. The molecule has 2 fully saturated rings. The molecule has 1 aliphatic heterocycles. The Balaban J connectivity index is 1.59. The van der Waals surface area contributed by atoms with Crippen molar-refractivity contribution >= 4 is 29.3 Å². The lowest BCUT2D eigenvalue weighted by Gasteiger charge is -2.28. The van der Waals surface area contributed by atoms with Crippen molar-refractivity contribution in [3.63, 3.8) is 0 Å². The highest BCUT2D eigenvalue weighted by atomic mass is 16.5. The molecule has 2 aliphatic rings. The first-order chi connectivity index (χ1) is 17.8. The van der Waals surface area contributed by atoms with Crippen molar-refractivity contribution < 1.29 is 24.2 Å². The molecule has 1 atom stereocenters. The van der Waals surface area contributed by atoms with Crippen molar-refractivity contribution in [1.82, 2.24) is 4.98 Å². The number of amides is 1. The second kappa shape index (κ2) is 14.1. The Kier molecular flexibility index (Phi) is 10.9. The fraction of sp³-hybridized carbons (Fsp3) is 0.667. The summed E-state index contributed by atoms with van der Waals surface area (Å²) in [5, 5.41) is 17.0. The van der Waals surface area contributed by atoms with Crippen LogP contribution in [0.1, 0.15) is 76.8 Å². The Labute approximate surface area is 219 Å². The number of nitrogens with two attached hydrogens (primary N) is 1. The number of anilines is 1. The summed E-state index contributed by atoms with van der Waals surface area (Å²) in [6, 6.07) is 3.80. The average Bonchev–Trinajstić information content (AvgIpc) is 3.02. The van der Waals surface area contributed by atoms with Crippen molar-refractivity contribution in [1.29, 1.82) is 5.41 Å². The quantitative estimate of drug-likeness (QED) is 0.217. The van der Waals surface area contributed by atoms with Gasteiger partial charge in [-0.05, 0) is 56.1 Å². The number of carboxylic acids is 1. The predicted octanol–water partition coefficient (Wildman–Crippen LogP) is 3.94. The van der Waals surface area contributed by atoms with Gasteiger partial charge >= 0.3 is 5.97 Å². The molecule has 10 heteroatoms. The first-order valence-electron chi connectivity index (χ1n) is 13.3. The predicted molar refractivity (Wildman–Crippen MR) is 142 cm³/mol. The Morgan fingerprint density at radius 1 is 1.30 bits per heavy atom. The van der Waals surface area contributed by atoms with Gasteiger partial charge in [0.1, 0.15) is 19.2 Å². The number of carbonyl (C=O) groups excluding carboxylic acids is 1. The highest BCUT2D eigenvalue weighted by Crippen LogP contribution is 2.36. The zero-order chi connectivity index (χ0) is 26.8. The van der Waals surface area contributed by atoms with Gasteiger partial charge in [0.15, 0.2) is 5.92 Å². The molecule has 1 unspecified atom stereocenters. The Bertz CT molecular complexity index is 941. The first-order valence-corrected chi connectivity index (χ1v) is 13.3. The highest BCUT2D eigenvalue weighted by Gasteiger charge is 2.36. The maximum absolute atomic E-state index is 13.4. The minimum Gasteiger partial charge on any atom is -0.481 e. The number of aliphatic carboxylic acids is 1. The fourth-order valence-corrected chi connectivity index (χ4v) is 4.99. The highest BCUT2D eigenvalue weighted by molar-refractivity contribution is 6.22. The lowest BCUT2D eigenvalue weighted by Crippen LogP contribution is -2.44. The zero-order valence-electron chi connectivity index (χ0n) is 22.0. The van der Waals surface area contributed by atoms with Gasteiger partial charge in [0.05, 0.1) is 18.4 Å². The lowest BCUT2D eigenvalue weighted by molar-refractivity contribution is -0.138. The van der Waals surface area contributed by atoms with E-state index in [-0.39, 0.29) is 49.2 Å². The van der Waals surface area contributed by atoms with Crippen molar-refractivity contribution in [2.45, 2.75) is 71.1 Å². The lowest BCUT2D eigenvalue weighted by atomic mass is 9.79. The SMILES string of the molecule is CC(C)CCCCOCN=C1OCCN(c2ccc(C3CCC(CC(=O)O)CC3)nc2)C(=O)C1C(=N)N. The van der Waals surface area contributed by atoms with E-state index < -0.39 is 11.9 Å². The third kappa shape index (κ3) is 8.52. The molecule has 1 aromatic heterocycles. The number of hydrogen-bond donors (Lipinski definition) is 3. The number of pyridine rings is 1. The smallest absolute Gasteiger partial charge is 0.303 e. The number of ether oxygens (including phenoxy) is 2. The molecule has 2 heterocycles. The summed E-state index contributed by atoms with van der Waals surface area (Å²) in [7, 11) is 0. The van der Waals surface area contributed by atoms with Crippen LogP contribution in [0, 0.1) is 23.2 Å². The number of carbonyl (C=O) groups is 2. The molecule has 4 N–H and O–H groups in total. The van der Waals surface area contributed by atoms with Crippen LogP contribution < -0.4 is 10.6 Å². The van der Waals surface area contributed by atoms with E-state index in [1.54, 1.807) is 11.1 Å². The normalized spacial score (nSPS) is 23.6. The van der Waals surface area contributed by atoms with Gasteiger partial charge < -0.3 is 25.2 Å². The maximum atomic E-state index is 13.4. The molecular weight excluding hydrogens is 474 g/mol. The van der Waals surface area contributed by atoms with Crippen LogP contribution in [-0.4, -0.2) is 60.2 Å². The van der Waals surface area contributed by atoms with E-state index in [1.807, 2.05) is 12.1 Å². The molecule has 0 radical (unpaired) electrons. The van der Waals surface area contributed by atoms with Crippen LogP contribution >= 0.6 is 0 Å². The van der Waals surface area contributed by atoms with E-state index in [0.29, 0.717) is 24.8 Å². The Morgan fingerprint density at radius 2 is 2.05 bits per heavy atom. The molecule has 0 spiro atoms. The fourth-order valence-electron chi connectivity index (χ4n) is 4.99. The summed E-state index contributed by atoms with van der Waals surface area (Å²) in [4.78, 5) is 34.8. The van der Waals surface area contributed by atoms with Crippen LogP contribution in [0.15, 0.2) is 23.3 Å². The summed E-state index contributed by atoms with van der Waals surface area (Å²) in [6.45, 7) is 5.53. The second-order valence-corrected chi connectivity index (χ2v) is 10.4. The van der Waals surface area contributed by atoms with Crippen LogP contribution in [0.5, 0.6) is 0 Å². The molecule has 1 amide bonds. The van der Waals surface area contributed by atoms with Gasteiger partial charge in [0.25, 0.3) is 0 Å². The zero-order valence-corrected chi connectivity index (χ0v) is 22.0. The van der Waals surface area contributed by atoms with Crippen LogP contribution in [-0.2, 0) is 19.1 Å². The number of hydrogen-bond acceptors (Lipinski definition) is 7. The van der Waals surface area contributed by atoms with Gasteiger partial charge in [-0.3, -0.25) is 20.0 Å². The molecule has 1 aromatic rings. The van der Waals surface area contributed by atoms with Crippen LogP contribution in [0.4, 0.5) is 5.69 Å². The number of aliphatic imine (C=N–C) groups is 1. The van der Waals surface area contributed by atoms with Gasteiger partial charge in [0.2, 0.25) is 11.8 Å². The largest absolute Gasteiger partial charge is 0.481 e. The molecule has 0 aromatic carbocycles. The Hall–Kier alpha value is -3.01. The number of rotatable bonds is 12. The maximum Gasteiger partial charge on any atom is 0.303 e. The number of carboxylic acid groups (broad SMARTS) is 1. The number of aromatic nitrogens is 1. The van der Waals surface area contributed by atoms with Gasteiger partial charge in [-0.2, -0.15) is 0 Å². The molecule has 1 aliphatic carbocycles. The minimum atomic E-state index is -1.10. The minimum absolute atomic E-state index is 0.0546. The molecule has 37 heavy (non-hydrogen) atoms.